The van der Waals surface area contributed by atoms with E-state index in [1.165, 1.54) is 13.8 Å². The van der Waals surface area contributed by atoms with Crippen LogP contribution in [-0.4, -0.2) is 24.7 Å². The summed E-state index contributed by atoms with van der Waals surface area (Å²) in [5.74, 6) is -1.32. The van der Waals surface area contributed by atoms with Crippen molar-refractivity contribution < 1.29 is 27.2 Å². The first-order valence-corrected chi connectivity index (χ1v) is 8.68. The predicted molar refractivity (Wildman–Crippen MR) is 69.8 cm³/mol. The first-order chi connectivity index (χ1) is 9.34. The minimum Gasteiger partial charge on any atom is -0.305 e. The highest BCUT2D eigenvalue weighted by Crippen LogP contribution is 2.76. The molecule has 0 unspecified atom stereocenters. The molecule has 2 aliphatic rings. The largest absolute Gasteiger partial charge is 0.399 e. The van der Waals surface area contributed by atoms with Gasteiger partial charge in [0.15, 0.2) is 0 Å². The maximum Gasteiger partial charge on any atom is 0.399 e. The topological polar surface area (TPSA) is 52.6 Å². The smallest absolute Gasteiger partial charge is 0.305 e. The Morgan fingerprint density at radius 1 is 1.30 bits per heavy atom. The zero-order chi connectivity index (χ0) is 15.0. The molecule has 0 saturated heterocycles. The molecule has 0 amide bonds. The number of alkyl halides is 2. The average Bonchev–Trinajstić information content (AvgIpc) is 3.10. The van der Waals surface area contributed by atoms with Crippen molar-refractivity contribution in [2.24, 2.45) is 11.3 Å². The van der Waals surface area contributed by atoms with Crippen LogP contribution in [0.4, 0.5) is 8.78 Å². The quantitative estimate of drug-likeness (QED) is 0.696. The molecule has 4 nitrogen and oxygen atoms in total. The van der Waals surface area contributed by atoms with Crippen LogP contribution in [0.15, 0.2) is 0 Å². The van der Waals surface area contributed by atoms with Crippen molar-refractivity contribution in [2.45, 2.75) is 51.6 Å². The molecular weight excluding hydrogens is 289 g/mol. The maximum atomic E-state index is 14.6. The molecule has 0 aromatic carbocycles. The number of carbonyl (C=O) groups excluding carboxylic acids is 1. The van der Waals surface area contributed by atoms with Gasteiger partial charge in [0.05, 0.1) is 13.2 Å². The Balaban J connectivity index is 2.22. The monoisotopic (exact) mass is 310 g/mol. The van der Waals surface area contributed by atoms with Gasteiger partial charge in [-0.2, -0.15) is 8.78 Å². The van der Waals surface area contributed by atoms with E-state index in [4.69, 9.17) is 9.05 Å². The third-order valence-electron chi connectivity index (χ3n) is 4.29. The minimum atomic E-state index is -4.52. The van der Waals surface area contributed by atoms with Crippen LogP contribution in [0.5, 0.6) is 0 Å². The third-order valence-corrected chi connectivity index (χ3v) is 6.53. The number of Topliss-reactive ketones (excluding diaryl/α,β-unsaturated/α-hetero) is 1. The lowest BCUT2D eigenvalue weighted by molar-refractivity contribution is -0.128. The first kappa shape index (κ1) is 16.1. The van der Waals surface area contributed by atoms with E-state index >= 15 is 0 Å². The van der Waals surface area contributed by atoms with Crippen molar-refractivity contribution in [1.29, 1.82) is 0 Å². The second kappa shape index (κ2) is 5.47. The number of hydrogen-bond acceptors (Lipinski definition) is 4. The van der Waals surface area contributed by atoms with Crippen molar-refractivity contribution in [3.8, 4) is 0 Å². The van der Waals surface area contributed by atoms with E-state index in [2.05, 4.69) is 0 Å². The molecule has 0 aliphatic heterocycles. The van der Waals surface area contributed by atoms with Crippen molar-refractivity contribution in [2.75, 3.05) is 13.2 Å². The van der Waals surface area contributed by atoms with E-state index in [-0.39, 0.29) is 25.4 Å². The second-order valence-corrected chi connectivity index (χ2v) is 7.57. The summed E-state index contributed by atoms with van der Waals surface area (Å²) in [4.78, 5) is 12.0. The summed E-state index contributed by atoms with van der Waals surface area (Å²) in [6, 6.07) is 0. The van der Waals surface area contributed by atoms with Crippen LogP contribution >= 0.6 is 7.60 Å². The molecule has 0 aromatic heterocycles. The van der Waals surface area contributed by atoms with Crippen molar-refractivity contribution in [3.05, 3.63) is 0 Å². The van der Waals surface area contributed by atoms with Gasteiger partial charge in [-0.25, -0.2) is 0 Å². The molecule has 0 heterocycles. The second-order valence-electron chi connectivity index (χ2n) is 5.46. The highest BCUT2D eigenvalue weighted by Gasteiger charge is 2.75. The normalized spacial score (nSPS) is 30.8. The number of hydrogen-bond donors (Lipinski definition) is 0. The Bertz CT molecular complexity index is 430. The van der Waals surface area contributed by atoms with Gasteiger partial charge in [0.25, 0.3) is 0 Å². The van der Waals surface area contributed by atoms with Crippen LogP contribution in [0.2, 0.25) is 0 Å². The lowest BCUT2D eigenvalue weighted by Crippen LogP contribution is -2.31. The molecule has 2 saturated carbocycles. The zero-order valence-corrected chi connectivity index (χ0v) is 12.8. The SMILES string of the molecule is CCOP(=O)(OCC)C(F)(F)[C@@H]1C[C@@]12CCCCC2=O. The van der Waals surface area contributed by atoms with Gasteiger partial charge in [0.2, 0.25) is 0 Å². The Morgan fingerprint density at radius 2 is 1.90 bits per heavy atom. The molecule has 0 aromatic rings. The van der Waals surface area contributed by atoms with Gasteiger partial charge >= 0.3 is 13.3 Å². The number of rotatable bonds is 6. The fraction of sp³-hybridized carbons (Fsp3) is 0.923. The Hall–Kier alpha value is -0.320. The van der Waals surface area contributed by atoms with Crippen molar-refractivity contribution in [1.82, 2.24) is 0 Å². The molecular formula is C13H21F2O4P. The van der Waals surface area contributed by atoms with E-state index in [0.29, 0.717) is 12.8 Å². The number of halogens is 2. The molecule has 0 radical (unpaired) electrons. The highest BCUT2D eigenvalue weighted by atomic mass is 31.2. The van der Waals surface area contributed by atoms with Gasteiger partial charge in [-0.1, -0.05) is 6.42 Å². The van der Waals surface area contributed by atoms with Crippen LogP contribution in [0, 0.1) is 11.3 Å². The van der Waals surface area contributed by atoms with E-state index < -0.39 is 24.6 Å². The van der Waals surface area contributed by atoms with Crippen molar-refractivity contribution >= 4 is 13.4 Å². The molecule has 116 valence electrons. The van der Waals surface area contributed by atoms with Crippen LogP contribution in [0.3, 0.4) is 0 Å². The fourth-order valence-corrected chi connectivity index (χ4v) is 5.02. The van der Waals surface area contributed by atoms with Gasteiger partial charge in [0, 0.05) is 17.8 Å². The molecule has 2 fully saturated rings. The van der Waals surface area contributed by atoms with E-state index in [1.54, 1.807) is 0 Å². The van der Waals surface area contributed by atoms with Gasteiger partial charge in [0.1, 0.15) is 5.78 Å². The summed E-state index contributed by atoms with van der Waals surface area (Å²) in [6.07, 6.45) is 2.44. The van der Waals surface area contributed by atoms with Crippen LogP contribution in [0.1, 0.15) is 46.0 Å². The summed E-state index contributed by atoms with van der Waals surface area (Å²) in [5.41, 5.74) is -4.57. The average molecular weight is 310 g/mol. The van der Waals surface area contributed by atoms with Gasteiger partial charge in [-0.3, -0.25) is 9.36 Å². The summed E-state index contributed by atoms with van der Waals surface area (Å²) in [7, 11) is -4.52. The lowest BCUT2D eigenvalue weighted by atomic mass is 9.83. The first-order valence-electron chi connectivity index (χ1n) is 7.14. The fourth-order valence-electron chi connectivity index (χ4n) is 3.20. The Labute approximate surface area is 117 Å². The Kier molecular flexibility index (Phi) is 4.39. The molecule has 20 heavy (non-hydrogen) atoms. The van der Waals surface area contributed by atoms with Crippen LogP contribution in [-0.2, 0) is 18.4 Å². The highest BCUT2D eigenvalue weighted by molar-refractivity contribution is 7.55. The van der Waals surface area contributed by atoms with Crippen LogP contribution < -0.4 is 0 Å². The molecule has 0 N–H and O–H groups in total. The molecule has 2 rings (SSSR count). The van der Waals surface area contributed by atoms with Gasteiger partial charge < -0.3 is 9.05 Å². The third kappa shape index (κ3) is 2.36. The lowest BCUT2D eigenvalue weighted by Gasteiger charge is -2.29. The van der Waals surface area contributed by atoms with Crippen molar-refractivity contribution in [3.63, 3.8) is 0 Å². The zero-order valence-electron chi connectivity index (χ0n) is 11.9. The number of ketones is 1. The van der Waals surface area contributed by atoms with Crippen LogP contribution in [0.25, 0.3) is 0 Å². The molecule has 2 aliphatic carbocycles. The van der Waals surface area contributed by atoms with Gasteiger partial charge in [-0.05, 0) is 33.1 Å². The van der Waals surface area contributed by atoms with E-state index in [9.17, 15) is 18.1 Å². The summed E-state index contributed by atoms with van der Waals surface area (Å²) in [6.45, 7) is 2.77. The summed E-state index contributed by atoms with van der Waals surface area (Å²) >= 11 is 0. The molecule has 1 spiro atoms. The van der Waals surface area contributed by atoms with E-state index in [0.717, 1.165) is 12.8 Å². The van der Waals surface area contributed by atoms with Gasteiger partial charge in [-0.15, -0.1) is 0 Å². The Morgan fingerprint density at radius 3 is 2.40 bits per heavy atom. The molecule has 0 bridgehead atoms. The summed E-state index contributed by atoms with van der Waals surface area (Å²) < 4.78 is 51.0. The summed E-state index contributed by atoms with van der Waals surface area (Å²) in [5, 5.41) is 0. The minimum absolute atomic E-state index is 0.100. The molecule has 2 atom stereocenters. The standard InChI is InChI=1S/C13H21F2O4P/c1-3-18-20(17,19-4-2)13(14,15)10-9-12(10)8-6-5-7-11(12)16/h10H,3-9H2,1-2H3/t10-,12+/m1/s1. The predicted octanol–water partition coefficient (Wildman–Crippen LogP) is 3.99. The number of carbonyl (C=O) groups is 1. The van der Waals surface area contributed by atoms with E-state index in [1.807, 2.05) is 0 Å². The maximum absolute atomic E-state index is 14.6. The molecule has 7 heteroatoms.